The zero-order chi connectivity index (χ0) is 18.1. The molecule has 10 heteroatoms. The largest absolute Gasteiger partial charge is 0.449 e. The van der Waals surface area contributed by atoms with Gasteiger partial charge in [0.05, 0.1) is 12.4 Å². The van der Waals surface area contributed by atoms with Gasteiger partial charge in [0.1, 0.15) is 11.5 Å². The molecule has 0 radical (unpaired) electrons. The molecular weight excluding hydrogens is 554 g/mol. The molecule has 0 saturated heterocycles. The summed E-state index contributed by atoms with van der Waals surface area (Å²) in [5.74, 6) is 0.541. The third-order valence-corrected chi connectivity index (χ3v) is 3.92. The number of nitrogens with zero attached hydrogens (tertiary/aromatic N) is 2. The third kappa shape index (κ3) is 7.81. The van der Waals surface area contributed by atoms with Gasteiger partial charge in [-0.3, -0.25) is 9.59 Å². The van der Waals surface area contributed by atoms with E-state index >= 15 is 0 Å². The second kappa shape index (κ2) is 10.3. The van der Waals surface area contributed by atoms with Gasteiger partial charge in [-0.25, -0.2) is 10.9 Å². The third-order valence-electron chi connectivity index (χ3n) is 2.76. The van der Waals surface area contributed by atoms with Crippen LogP contribution in [-0.2, 0) is 9.59 Å². The Morgan fingerprint density at radius 3 is 1.68 bits per heavy atom. The van der Waals surface area contributed by atoms with Crippen LogP contribution in [0.25, 0.3) is 0 Å². The molecule has 0 bridgehead atoms. The fraction of sp³-hybridized carbons (Fsp3) is 0.200. The van der Waals surface area contributed by atoms with Crippen LogP contribution in [-0.4, -0.2) is 24.2 Å². The van der Waals surface area contributed by atoms with Crippen LogP contribution >= 0.6 is 45.2 Å². The van der Waals surface area contributed by atoms with E-state index in [9.17, 15) is 9.59 Å². The van der Waals surface area contributed by atoms with Crippen molar-refractivity contribution in [3.05, 3.63) is 43.3 Å². The van der Waals surface area contributed by atoms with Crippen LogP contribution in [0.4, 0.5) is 0 Å². The summed E-state index contributed by atoms with van der Waals surface area (Å²) in [6, 6.07) is 7.06. The van der Waals surface area contributed by atoms with Gasteiger partial charge in [0, 0.05) is 12.8 Å². The fourth-order valence-electron chi connectivity index (χ4n) is 1.65. The topological polar surface area (TPSA) is 109 Å². The van der Waals surface area contributed by atoms with Crippen LogP contribution in [0.15, 0.2) is 43.3 Å². The lowest BCUT2D eigenvalue weighted by molar-refractivity contribution is -0.122. The number of hydrazone groups is 2. The van der Waals surface area contributed by atoms with Gasteiger partial charge in [0.25, 0.3) is 0 Å². The summed E-state index contributed by atoms with van der Waals surface area (Å²) in [6.45, 7) is 0. The quantitative estimate of drug-likeness (QED) is 0.290. The van der Waals surface area contributed by atoms with Gasteiger partial charge in [-0.15, -0.1) is 0 Å². The smallest absolute Gasteiger partial charge is 0.240 e. The molecule has 0 aromatic carbocycles. The molecule has 132 valence electrons. The van der Waals surface area contributed by atoms with Crippen molar-refractivity contribution in [2.45, 2.75) is 19.3 Å². The molecule has 2 N–H and O–H groups in total. The summed E-state index contributed by atoms with van der Waals surface area (Å²) < 4.78 is 12.0. The molecule has 2 heterocycles. The lowest BCUT2D eigenvalue weighted by atomic mass is 10.2. The van der Waals surface area contributed by atoms with Gasteiger partial charge in [-0.1, -0.05) is 0 Å². The SMILES string of the molecule is O=C(CCCC(=O)N/N=C/c1ccc(I)o1)N/N=C/c1ccc(I)o1. The molecule has 0 fully saturated rings. The molecule has 8 nitrogen and oxygen atoms in total. The van der Waals surface area contributed by atoms with Crippen molar-refractivity contribution in [3.63, 3.8) is 0 Å². The Hall–Kier alpha value is -1.70. The number of hydrogen-bond donors (Lipinski definition) is 2. The standard InChI is InChI=1S/C15H14I2N4O4/c16-12-6-4-10(24-12)8-18-20-14(22)2-1-3-15(23)21-19-9-11-5-7-13(17)25-11/h4-9H,1-3H2,(H,20,22)(H,21,23)/b18-8+,19-9+. The minimum Gasteiger partial charge on any atom is -0.449 e. The Balaban J connectivity index is 1.59. The molecule has 0 aliphatic rings. The molecule has 0 saturated carbocycles. The molecule has 0 spiro atoms. The highest BCUT2D eigenvalue weighted by atomic mass is 127. The van der Waals surface area contributed by atoms with Crippen LogP contribution in [0.3, 0.4) is 0 Å². The first-order chi connectivity index (χ1) is 12.0. The molecule has 2 aromatic heterocycles. The molecule has 2 aromatic rings. The number of amides is 2. The molecule has 2 amide bonds. The van der Waals surface area contributed by atoms with E-state index in [1.807, 2.05) is 45.2 Å². The predicted octanol–water partition coefficient (Wildman–Crippen LogP) is 2.85. The molecule has 0 aliphatic heterocycles. The van der Waals surface area contributed by atoms with E-state index in [4.69, 9.17) is 8.83 Å². The van der Waals surface area contributed by atoms with Gasteiger partial charge < -0.3 is 8.83 Å². The van der Waals surface area contributed by atoms with Gasteiger partial charge >= 0.3 is 0 Å². The van der Waals surface area contributed by atoms with Crippen LogP contribution in [0.2, 0.25) is 0 Å². The van der Waals surface area contributed by atoms with E-state index in [0.29, 0.717) is 17.9 Å². The number of hydrogen-bond acceptors (Lipinski definition) is 6. The van der Waals surface area contributed by atoms with Crippen molar-refractivity contribution < 1.29 is 18.4 Å². The first kappa shape index (κ1) is 19.6. The lowest BCUT2D eigenvalue weighted by Crippen LogP contribution is -2.20. The zero-order valence-corrected chi connectivity index (χ0v) is 17.2. The number of rotatable bonds is 8. The van der Waals surface area contributed by atoms with Gasteiger partial charge in [0.2, 0.25) is 11.8 Å². The summed E-state index contributed by atoms with van der Waals surface area (Å²) in [4.78, 5) is 23.2. The summed E-state index contributed by atoms with van der Waals surface area (Å²) in [5, 5.41) is 7.56. The van der Waals surface area contributed by atoms with Crippen molar-refractivity contribution in [1.29, 1.82) is 0 Å². The number of carbonyl (C=O) groups is 2. The fourth-order valence-corrected chi connectivity index (χ4v) is 2.52. The average molecular weight is 568 g/mol. The molecular formula is C15H14I2N4O4. The molecule has 25 heavy (non-hydrogen) atoms. The van der Waals surface area contributed by atoms with E-state index < -0.39 is 0 Å². The summed E-state index contributed by atoms with van der Waals surface area (Å²) in [7, 11) is 0. The van der Waals surface area contributed by atoms with E-state index in [2.05, 4.69) is 21.1 Å². The van der Waals surface area contributed by atoms with Gasteiger partial charge in [-0.05, 0) is 75.9 Å². The Bertz CT molecular complexity index is 718. The molecule has 0 aliphatic carbocycles. The van der Waals surface area contributed by atoms with Crippen molar-refractivity contribution in [2.75, 3.05) is 0 Å². The first-order valence-corrected chi connectivity index (χ1v) is 9.33. The second-order valence-electron chi connectivity index (χ2n) is 4.72. The number of nitrogens with one attached hydrogen (secondary N) is 2. The van der Waals surface area contributed by atoms with Crippen LogP contribution in [0.1, 0.15) is 30.8 Å². The highest BCUT2D eigenvalue weighted by Crippen LogP contribution is 2.08. The predicted molar refractivity (Wildman–Crippen MR) is 108 cm³/mol. The number of carbonyl (C=O) groups excluding carboxylic acids is 2. The number of halogens is 2. The zero-order valence-electron chi connectivity index (χ0n) is 12.9. The highest BCUT2D eigenvalue weighted by molar-refractivity contribution is 14.1. The normalized spacial score (nSPS) is 11.3. The highest BCUT2D eigenvalue weighted by Gasteiger charge is 2.04. The van der Waals surface area contributed by atoms with Crippen molar-refractivity contribution in [3.8, 4) is 0 Å². The Morgan fingerprint density at radius 2 is 1.32 bits per heavy atom. The van der Waals surface area contributed by atoms with Crippen LogP contribution in [0, 0.1) is 7.53 Å². The maximum Gasteiger partial charge on any atom is 0.240 e. The Kier molecular flexibility index (Phi) is 8.11. The van der Waals surface area contributed by atoms with Crippen molar-refractivity contribution >= 4 is 69.4 Å². The van der Waals surface area contributed by atoms with E-state index in [1.165, 1.54) is 12.4 Å². The lowest BCUT2D eigenvalue weighted by Gasteiger charge is -2.00. The van der Waals surface area contributed by atoms with E-state index in [1.54, 1.807) is 24.3 Å². The number of furan rings is 2. The summed E-state index contributed by atoms with van der Waals surface area (Å²) >= 11 is 4.07. The van der Waals surface area contributed by atoms with E-state index in [0.717, 1.165) is 7.53 Å². The molecule has 2 rings (SSSR count). The van der Waals surface area contributed by atoms with Crippen LogP contribution < -0.4 is 10.9 Å². The monoisotopic (exact) mass is 568 g/mol. The van der Waals surface area contributed by atoms with Crippen molar-refractivity contribution in [1.82, 2.24) is 10.9 Å². The minimum absolute atomic E-state index is 0.181. The Morgan fingerprint density at radius 1 is 0.880 bits per heavy atom. The van der Waals surface area contributed by atoms with Crippen molar-refractivity contribution in [2.24, 2.45) is 10.2 Å². The van der Waals surface area contributed by atoms with Gasteiger partial charge in [-0.2, -0.15) is 10.2 Å². The minimum atomic E-state index is -0.279. The summed E-state index contributed by atoms with van der Waals surface area (Å²) in [5.41, 5.74) is 4.75. The average Bonchev–Trinajstić information content (AvgIpc) is 3.16. The second-order valence-corrected chi connectivity index (χ2v) is 6.85. The summed E-state index contributed by atoms with van der Waals surface area (Å²) in [6.07, 6.45) is 3.58. The maximum absolute atomic E-state index is 11.6. The maximum atomic E-state index is 11.6. The van der Waals surface area contributed by atoms with Gasteiger partial charge in [0.15, 0.2) is 7.53 Å². The first-order valence-electron chi connectivity index (χ1n) is 7.17. The molecule has 0 unspecified atom stereocenters. The van der Waals surface area contributed by atoms with Crippen LogP contribution in [0.5, 0.6) is 0 Å². The Labute approximate surface area is 170 Å². The molecule has 0 atom stereocenters. The van der Waals surface area contributed by atoms with E-state index in [-0.39, 0.29) is 24.7 Å².